The number of benzene rings is 3. The molecule has 0 fully saturated rings. The highest BCUT2D eigenvalue weighted by Crippen LogP contribution is 2.30. The molecular weight excluding hydrogens is 388 g/mol. The number of amides is 2. The number of carbonyl (C=O) groups excluding carboxylic acids is 2. The van der Waals surface area contributed by atoms with Crippen LogP contribution in [-0.2, 0) is 24.2 Å². The van der Waals surface area contributed by atoms with Gasteiger partial charge in [-0.3, -0.25) is 9.59 Å². The summed E-state index contributed by atoms with van der Waals surface area (Å²) >= 11 is 0. The number of nitrogens with one attached hydrogen (secondary N) is 1. The molecule has 158 valence electrons. The molecule has 0 bridgehead atoms. The van der Waals surface area contributed by atoms with Gasteiger partial charge in [0.15, 0.2) is 0 Å². The fourth-order valence-electron chi connectivity index (χ4n) is 3.82. The van der Waals surface area contributed by atoms with E-state index < -0.39 is 0 Å². The maximum absolute atomic E-state index is 12.9. The maximum Gasteiger partial charge on any atom is 0.258 e. The number of hydrogen-bond donors (Lipinski definition) is 1. The van der Waals surface area contributed by atoms with Crippen molar-refractivity contribution in [3.63, 3.8) is 0 Å². The molecule has 0 aromatic heterocycles. The van der Waals surface area contributed by atoms with Crippen LogP contribution in [0.5, 0.6) is 5.75 Å². The summed E-state index contributed by atoms with van der Waals surface area (Å²) in [6.45, 7) is 1.13. The Hall–Kier alpha value is -3.60. The van der Waals surface area contributed by atoms with Gasteiger partial charge >= 0.3 is 0 Å². The number of ether oxygens (including phenoxy) is 1. The van der Waals surface area contributed by atoms with E-state index in [1.807, 2.05) is 71.6 Å². The molecule has 2 amide bonds. The second-order valence-electron chi connectivity index (χ2n) is 7.66. The van der Waals surface area contributed by atoms with E-state index in [-0.39, 0.29) is 11.8 Å². The quantitative estimate of drug-likeness (QED) is 0.632. The zero-order chi connectivity index (χ0) is 21.6. The van der Waals surface area contributed by atoms with Gasteiger partial charge in [0.05, 0.1) is 7.11 Å². The summed E-state index contributed by atoms with van der Waals surface area (Å²) in [5.41, 5.74) is 4.89. The van der Waals surface area contributed by atoms with Crippen molar-refractivity contribution in [1.82, 2.24) is 5.32 Å². The minimum Gasteiger partial charge on any atom is -0.497 e. The smallest absolute Gasteiger partial charge is 0.258 e. The third-order valence-electron chi connectivity index (χ3n) is 5.60. The van der Waals surface area contributed by atoms with Crippen LogP contribution in [0.3, 0.4) is 0 Å². The second kappa shape index (κ2) is 9.47. The van der Waals surface area contributed by atoms with Gasteiger partial charge in [0.2, 0.25) is 5.91 Å². The Labute approximate surface area is 182 Å². The molecule has 1 N–H and O–H groups in total. The summed E-state index contributed by atoms with van der Waals surface area (Å²) in [7, 11) is 1.64. The fourth-order valence-corrected chi connectivity index (χ4v) is 3.82. The third kappa shape index (κ3) is 4.94. The highest BCUT2D eigenvalue weighted by atomic mass is 16.5. The first-order valence-corrected chi connectivity index (χ1v) is 10.5. The Kier molecular flexibility index (Phi) is 6.32. The van der Waals surface area contributed by atoms with Crippen LogP contribution in [0.4, 0.5) is 5.69 Å². The van der Waals surface area contributed by atoms with Gasteiger partial charge in [-0.25, -0.2) is 0 Å². The van der Waals surface area contributed by atoms with Crippen molar-refractivity contribution in [3.05, 3.63) is 95.1 Å². The van der Waals surface area contributed by atoms with E-state index in [1.54, 1.807) is 7.11 Å². The van der Waals surface area contributed by atoms with Gasteiger partial charge in [-0.05, 0) is 59.9 Å². The van der Waals surface area contributed by atoms with Crippen LogP contribution in [0.2, 0.25) is 0 Å². The number of anilines is 1. The van der Waals surface area contributed by atoms with Crippen molar-refractivity contribution in [3.8, 4) is 5.75 Å². The lowest BCUT2D eigenvalue weighted by atomic mass is 10.1. The zero-order valence-corrected chi connectivity index (χ0v) is 17.6. The number of aryl methyl sites for hydroxylation is 1. The average molecular weight is 415 g/mol. The van der Waals surface area contributed by atoms with Crippen molar-refractivity contribution in [2.24, 2.45) is 0 Å². The van der Waals surface area contributed by atoms with Crippen LogP contribution in [0.25, 0.3) is 0 Å². The highest BCUT2D eigenvalue weighted by Gasteiger charge is 2.25. The van der Waals surface area contributed by atoms with Crippen molar-refractivity contribution in [2.75, 3.05) is 18.6 Å². The molecule has 0 spiro atoms. The van der Waals surface area contributed by atoms with Gasteiger partial charge < -0.3 is 15.0 Å². The molecule has 5 nitrogen and oxygen atoms in total. The van der Waals surface area contributed by atoms with Crippen LogP contribution >= 0.6 is 0 Å². The van der Waals surface area contributed by atoms with Crippen molar-refractivity contribution >= 4 is 17.5 Å². The number of fused-ring (bicyclic) bond motifs is 1. The van der Waals surface area contributed by atoms with E-state index in [0.29, 0.717) is 31.5 Å². The monoisotopic (exact) mass is 414 g/mol. The summed E-state index contributed by atoms with van der Waals surface area (Å²) in [6.07, 6.45) is 1.96. The first-order chi connectivity index (χ1) is 15.1. The molecule has 1 aliphatic heterocycles. The summed E-state index contributed by atoms with van der Waals surface area (Å²) in [5.74, 6) is 0.832. The van der Waals surface area contributed by atoms with Crippen LogP contribution in [0.15, 0.2) is 72.8 Å². The topological polar surface area (TPSA) is 58.6 Å². The van der Waals surface area contributed by atoms with Gasteiger partial charge in [0.1, 0.15) is 5.75 Å². The van der Waals surface area contributed by atoms with Crippen LogP contribution < -0.4 is 15.0 Å². The number of nitrogens with zero attached hydrogens (tertiary/aromatic N) is 1. The molecule has 5 heteroatoms. The number of hydrogen-bond acceptors (Lipinski definition) is 3. The van der Waals surface area contributed by atoms with Gasteiger partial charge in [0, 0.05) is 30.8 Å². The zero-order valence-electron chi connectivity index (χ0n) is 17.6. The maximum atomic E-state index is 12.9. The predicted molar refractivity (Wildman–Crippen MR) is 121 cm³/mol. The van der Waals surface area contributed by atoms with Gasteiger partial charge in [-0.15, -0.1) is 0 Å². The summed E-state index contributed by atoms with van der Waals surface area (Å²) in [6, 6.07) is 23.2. The number of rotatable bonds is 7. The molecule has 0 radical (unpaired) electrons. The lowest BCUT2D eigenvalue weighted by Gasteiger charge is -2.18. The molecule has 0 saturated carbocycles. The molecular formula is C26H26N2O3. The number of methoxy groups -OCH3 is 1. The Balaban J connectivity index is 1.34. The van der Waals surface area contributed by atoms with Crippen molar-refractivity contribution in [2.45, 2.75) is 25.8 Å². The van der Waals surface area contributed by atoms with Crippen LogP contribution in [-0.4, -0.2) is 25.5 Å². The summed E-state index contributed by atoms with van der Waals surface area (Å²) < 4.78 is 5.16. The van der Waals surface area contributed by atoms with E-state index in [4.69, 9.17) is 4.74 Å². The molecule has 4 rings (SSSR count). The standard InChI is InChI=1S/C26H26N2O3/c1-31-23-12-8-19(9-13-23)10-14-25(29)27-18-20-7-11-21-15-16-28(24(21)17-20)26(30)22-5-3-2-4-6-22/h2-9,11-13,17H,10,14-16,18H2,1H3,(H,27,29). The minimum absolute atomic E-state index is 0.00790. The molecule has 3 aromatic carbocycles. The first-order valence-electron chi connectivity index (χ1n) is 10.5. The van der Waals surface area contributed by atoms with Gasteiger partial charge in [-0.2, -0.15) is 0 Å². The van der Waals surface area contributed by atoms with Crippen LogP contribution in [0.1, 0.15) is 33.5 Å². The number of carbonyl (C=O) groups is 2. The SMILES string of the molecule is COc1ccc(CCC(=O)NCc2ccc3c(c2)N(C(=O)c2ccccc2)CC3)cc1. The van der Waals surface area contributed by atoms with Crippen LogP contribution in [0, 0.1) is 0 Å². The van der Waals surface area contributed by atoms with Gasteiger partial charge in [-0.1, -0.05) is 42.5 Å². The van der Waals surface area contributed by atoms with E-state index in [9.17, 15) is 9.59 Å². The predicted octanol–water partition coefficient (Wildman–Crippen LogP) is 4.15. The lowest BCUT2D eigenvalue weighted by molar-refractivity contribution is -0.121. The highest BCUT2D eigenvalue weighted by molar-refractivity contribution is 6.07. The normalized spacial score (nSPS) is 12.4. The minimum atomic E-state index is 0.00790. The second-order valence-corrected chi connectivity index (χ2v) is 7.66. The van der Waals surface area contributed by atoms with Gasteiger partial charge in [0.25, 0.3) is 5.91 Å². The van der Waals surface area contributed by atoms with E-state index in [2.05, 4.69) is 11.4 Å². The van der Waals surface area contributed by atoms with E-state index >= 15 is 0 Å². The first kappa shape index (κ1) is 20.7. The average Bonchev–Trinajstić information content (AvgIpc) is 3.25. The Morgan fingerprint density at radius 1 is 0.968 bits per heavy atom. The molecule has 1 heterocycles. The molecule has 0 aliphatic carbocycles. The molecule has 0 atom stereocenters. The third-order valence-corrected chi connectivity index (χ3v) is 5.60. The molecule has 3 aromatic rings. The fraction of sp³-hybridized carbons (Fsp3) is 0.231. The molecule has 0 saturated heterocycles. The Bertz CT molecular complexity index is 1060. The lowest BCUT2D eigenvalue weighted by Crippen LogP contribution is -2.29. The Morgan fingerprint density at radius 2 is 1.71 bits per heavy atom. The Morgan fingerprint density at radius 3 is 2.45 bits per heavy atom. The molecule has 0 unspecified atom stereocenters. The van der Waals surface area contributed by atoms with E-state index in [0.717, 1.165) is 29.0 Å². The molecule has 1 aliphatic rings. The largest absolute Gasteiger partial charge is 0.497 e. The molecule has 31 heavy (non-hydrogen) atoms. The van der Waals surface area contributed by atoms with Crippen molar-refractivity contribution in [1.29, 1.82) is 0 Å². The summed E-state index contributed by atoms with van der Waals surface area (Å²) in [4.78, 5) is 27.0. The van der Waals surface area contributed by atoms with E-state index in [1.165, 1.54) is 5.56 Å². The summed E-state index contributed by atoms with van der Waals surface area (Å²) in [5, 5.41) is 2.99. The van der Waals surface area contributed by atoms with Crippen molar-refractivity contribution < 1.29 is 14.3 Å².